The molecule has 1 amide bonds. The summed E-state index contributed by atoms with van der Waals surface area (Å²) in [5, 5.41) is 16.0. The van der Waals surface area contributed by atoms with Crippen LogP contribution in [0.15, 0.2) is 47.6 Å². The number of fused-ring (bicyclic) bond motifs is 1. The highest BCUT2D eigenvalue weighted by Crippen LogP contribution is 2.29. The molecule has 0 aliphatic rings. The molecule has 0 radical (unpaired) electrons. The number of nitrogens with zero attached hydrogens (tertiary/aromatic N) is 3. The predicted octanol–water partition coefficient (Wildman–Crippen LogP) is 3.36. The van der Waals surface area contributed by atoms with Crippen LogP contribution in [0.3, 0.4) is 0 Å². The van der Waals surface area contributed by atoms with Crippen molar-refractivity contribution in [2.45, 2.75) is 17.8 Å². The predicted molar refractivity (Wildman–Crippen MR) is 105 cm³/mol. The average molecular weight is 383 g/mol. The number of rotatable bonds is 7. The fraction of sp³-hybridized carbons (Fsp3) is 0.167. The number of amides is 1. The molecule has 1 aromatic heterocycles. The number of benzene rings is 2. The molecule has 0 saturated heterocycles. The Kier molecular flexibility index (Phi) is 5.51. The van der Waals surface area contributed by atoms with Gasteiger partial charge in [-0.15, -0.1) is 0 Å². The van der Waals surface area contributed by atoms with E-state index in [1.165, 1.54) is 30.0 Å². The third-order valence-electron chi connectivity index (χ3n) is 3.85. The van der Waals surface area contributed by atoms with Crippen molar-refractivity contribution < 1.29 is 9.72 Å². The van der Waals surface area contributed by atoms with Crippen molar-refractivity contribution in [3.8, 4) is 0 Å². The van der Waals surface area contributed by atoms with E-state index in [0.717, 1.165) is 16.7 Å². The van der Waals surface area contributed by atoms with Gasteiger partial charge in [-0.25, -0.2) is 9.97 Å². The van der Waals surface area contributed by atoms with Gasteiger partial charge in [0.05, 0.1) is 10.4 Å². The topological polar surface area (TPSA) is 124 Å². The van der Waals surface area contributed by atoms with Crippen molar-refractivity contribution in [1.82, 2.24) is 9.97 Å². The third kappa shape index (κ3) is 4.14. The number of nitro benzene ring substituents is 1. The maximum absolute atomic E-state index is 11.3. The molecule has 0 saturated carbocycles. The fourth-order valence-electron chi connectivity index (χ4n) is 2.57. The minimum atomic E-state index is -0.703. The lowest BCUT2D eigenvalue weighted by atomic mass is 10.1. The monoisotopic (exact) mass is 383 g/mol. The maximum Gasteiger partial charge on any atom is 0.274 e. The Bertz CT molecular complexity index is 1030. The smallest absolute Gasteiger partial charge is 0.274 e. The van der Waals surface area contributed by atoms with E-state index in [0.29, 0.717) is 23.0 Å². The van der Waals surface area contributed by atoms with Gasteiger partial charge in [-0.1, -0.05) is 30.0 Å². The van der Waals surface area contributed by atoms with Crippen molar-refractivity contribution in [3.63, 3.8) is 0 Å². The minimum Gasteiger partial charge on any atom is -0.370 e. The van der Waals surface area contributed by atoms with Crippen molar-refractivity contribution in [2.24, 2.45) is 5.73 Å². The molecular formula is C18H17N5O3S. The van der Waals surface area contributed by atoms with E-state index < -0.39 is 10.8 Å². The second kappa shape index (κ2) is 8.00. The molecule has 138 valence electrons. The van der Waals surface area contributed by atoms with Gasteiger partial charge < -0.3 is 11.1 Å². The van der Waals surface area contributed by atoms with Crippen LogP contribution in [0.1, 0.15) is 22.8 Å². The average Bonchev–Trinajstić information content (AvgIpc) is 2.66. The molecule has 0 spiro atoms. The Hall–Kier alpha value is -3.20. The number of nitro groups is 1. The summed E-state index contributed by atoms with van der Waals surface area (Å²) < 4.78 is 0. The van der Waals surface area contributed by atoms with Crippen molar-refractivity contribution >= 4 is 40.1 Å². The van der Waals surface area contributed by atoms with E-state index in [-0.39, 0.29) is 11.3 Å². The van der Waals surface area contributed by atoms with Gasteiger partial charge in [0.2, 0.25) is 5.91 Å². The quantitative estimate of drug-likeness (QED) is 0.277. The first-order valence-electron chi connectivity index (χ1n) is 8.20. The van der Waals surface area contributed by atoms with Gasteiger partial charge in [-0.3, -0.25) is 14.9 Å². The van der Waals surface area contributed by atoms with Gasteiger partial charge in [0.15, 0.2) is 5.16 Å². The van der Waals surface area contributed by atoms with Crippen LogP contribution in [0.25, 0.3) is 10.9 Å². The molecule has 3 rings (SSSR count). The highest BCUT2D eigenvalue weighted by molar-refractivity contribution is 7.98. The fourth-order valence-corrected chi connectivity index (χ4v) is 3.42. The standard InChI is InChI=1S/C18H17N5O3S/c1-2-20-17-13-5-3-4-6-14(13)21-18(22-17)27-10-12-8-7-11(16(19)24)9-15(12)23(25)26/h3-9H,2,10H2,1H3,(H2,19,24)(H,20,21,22). The number of para-hydroxylation sites is 1. The SMILES string of the molecule is CCNc1nc(SCc2ccc(C(N)=O)cc2[N+](=O)[O-])nc2ccccc12. The Labute approximate surface area is 159 Å². The van der Waals surface area contributed by atoms with Gasteiger partial charge in [-0.2, -0.15) is 0 Å². The lowest BCUT2D eigenvalue weighted by Crippen LogP contribution is -2.11. The normalized spacial score (nSPS) is 10.7. The summed E-state index contributed by atoms with van der Waals surface area (Å²) >= 11 is 1.29. The van der Waals surface area contributed by atoms with E-state index in [1.807, 2.05) is 31.2 Å². The number of aromatic nitrogens is 2. The number of nitrogens with two attached hydrogens (primary N) is 1. The molecule has 27 heavy (non-hydrogen) atoms. The third-order valence-corrected chi connectivity index (χ3v) is 4.75. The van der Waals surface area contributed by atoms with Gasteiger partial charge in [0, 0.05) is 34.9 Å². The molecule has 0 fully saturated rings. The summed E-state index contributed by atoms with van der Waals surface area (Å²) in [5.41, 5.74) is 6.42. The molecule has 3 N–H and O–H groups in total. The molecule has 9 heteroatoms. The van der Waals surface area contributed by atoms with Crippen LogP contribution in [0.2, 0.25) is 0 Å². The van der Waals surface area contributed by atoms with Crippen LogP contribution < -0.4 is 11.1 Å². The van der Waals surface area contributed by atoms with E-state index in [4.69, 9.17) is 5.73 Å². The van der Waals surface area contributed by atoms with Gasteiger partial charge in [0.25, 0.3) is 5.69 Å². The summed E-state index contributed by atoms with van der Waals surface area (Å²) in [5.74, 6) is 0.314. The highest BCUT2D eigenvalue weighted by Gasteiger charge is 2.17. The number of anilines is 1. The molecule has 2 aromatic carbocycles. The minimum absolute atomic E-state index is 0.104. The Morgan fingerprint density at radius 3 is 2.74 bits per heavy atom. The summed E-state index contributed by atoms with van der Waals surface area (Å²) in [6.07, 6.45) is 0. The lowest BCUT2D eigenvalue weighted by Gasteiger charge is -2.09. The van der Waals surface area contributed by atoms with Crippen molar-refractivity contribution in [2.75, 3.05) is 11.9 Å². The first-order valence-corrected chi connectivity index (χ1v) is 9.18. The summed E-state index contributed by atoms with van der Waals surface area (Å²) in [6.45, 7) is 2.69. The molecule has 1 heterocycles. The zero-order valence-corrected chi connectivity index (χ0v) is 15.3. The summed E-state index contributed by atoms with van der Waals surface area (Å²) in [7, 11) is 0. The van der Waals surface area contributed by atoms with Crippen molar-refractivity contribution in [3.05, 3.63) is 63.7 Å². The number of nitrogens with one attached hydrogen (secondary N) is 1. The van der Waals surface area contributed by atoms with Crippen LogP contribution in [0.4, 0.5) is 11.5 Å². The largest absolute Gasteiger partial charge is 0.370 e. The van der Waals surface area contributed by atoms with E-state index >= 15 is 0 Å². The molecule has 0 aliphatic carbocycles. The zero-order chi connectivity index (χ0) is 19.4. The Morgan fingerprint density at radius 1 is 1.26 bits per heavy atom. The Balaban J connectivity index is 1.90. The number of carbonyl (C=O) groups excluding carboxylic acids is 1. The van der Waals surface area contributed by atoms with Crippen molar-refractivity contribution in [1.29, 1.82) is 0 Å². The number of hydrogen-bond acceptors (Lipinski definition) is 7. The van der Waals surface area contributed by atoms with Crippen LogP contribution in [-0.4, -0.2) is 27.3 Å². The number of hydrogen-bond donors (Lipinski definition) is 2. The van der Waals surface area contributed by atoms with Gasteiger partial charge in [-0.05, 0) is 25.1 Å². The van der Waals surface area contributed by atoms with Crippen LogP contribution >= 0.6 is 11.8 Å². The lowest BCUT2D eigenvalue weighted by molar-refractivity contribution is -0.385. The molecule has 0 atom stereocenters. The zero-order valence-electron chi connectivity index (χ0n) is 14.5. The maximum atomic E-state index is 11.3. The van der Waals surface area contributed by atoms with Crippen LogP contribution in [0, 0.1) is 10.1 Å². The molecule has 0 bridgehead atoms. The highest BCUT2D eigenvalue weighted by atomic mass is 32.2. The van der Waals surface area contributed by atoms with Crippen LogP contribution in [-0.2, 0) is 5.75 Å². The van der Waals surface area contributed by atoms with Gasteiger partial charge >= 0.3 is 0 Å². The summed E-state index contributed by atoms with van der Waals surface area (Å²) in [6, 6.07) is 11.9. The van der Waals surface area contributed by atoms with Crippen LogP contribution in [0.5, 0.6) is 0 Å². The van der Waals surface area contributed by atoms with E-state index in [9.17, 15) is 14.9 Å². The summed E-state index contributed by atoms with van der Waals surface area (Å²) in [4.78, 5) is 31.1. The molecule has 0 unspecified atom stereocenters. The molecule has 0 aliphatic heterocycles. The Morgan fingerprint density at radius 2 is 2.04 bits per heavy atom. The first-order chi connectivity index (χ1) is 13.0. The second-order valence-electron chi connectivity index (χ2n) is 5.66. The first kappa shape index (κ1) is 18.6. The molecule has 8 nitrogen and oxygen atoms in total. The molecular weight excluding hydrogens is 366 g/mol. The second-order valence-corrected chi connectivity index (χ2v) is 6.60. The number of primary amides is 1. The van der Waals surface area contributed by atoms with E-state index in [2.05, 4.69) is 15.3 Å². The number of carbonyl (C=O) groups is 1. The van der Waals surface area contributed by atoms with Gasteiger partial charge in [0.1, 0.15) is 5.82 Å². The van der Waals surface area contributed by atoms with E-state index in [1.54, 1.807) is 0 Å². The number of thioether (sulfide) groups is 1. The molecule has 3 aromatic rings.